The number of ether oxygens (including phenoxy) is 1. The third kappa shape index (κ3) is 4.71. The maximum atomic E-state index is 13.7. The van der Waals surface area contributed by atoms with Crippen molar-refractivity contribution >= 4 is 46.3 Å². The molecule has 0 spiro atoms. The first-order chi connectivity index (χ1) is 16.9. The summed E-state index contributed by atoms with van der Waals surface area (Å²) in [7, 11) is 1.56. The highest BCUT2D eigenvalue weighted by Gasteiger charge is 2.47. The third-order valence-corrected chi connectivity index (χ3v) is 6.47. The number of methoxy groups -OCH3 is 1. The molecule has 1 heterocycles. The van der Waals surface area contributed by atoms with Gasteiger partial charge in [0.2, 0.25) is 0 Å². The Morgan fingerprint density at radius 2 is 1.58 bits per heavy atom. The van der Waals surface area contributed by atoms with E-state index < -0.39 is 23.5 Å². The van der Waals surface area contributed by atoms with Gasteiger partial charge < -0.3 is 9.84 Å². The molecule has 0 bridgehead atoms. The molecule has 1 saturated heterocycles. The van der Waals surface area contributed by atoms with Gasteiger partial charge >= 0.3 is 0 Å². The fourth-order valence-electron chi connectivity index (χ4n) is 4.33. The zero-order valence-electron chi connectivity index (χ0n) is 20.1. The summed E-state index contributed by atoms with van der Waals surface area (Å²) in [6.07, 6.45) is 0. The standard InChI is InChI=1S/C28H24Cl2FNO4/c1-28(2,3)21-11-16(7-10-22(21)36-4)25(33)23-24(15-5-8-19(31)9-6-15)32(27(35)26(23)34)20-13-17(29)12-18(30)14-20/h5-14,24,33H,1-4H3/b25-23-. The minimum absolute atomic E-state index is 0.132. The second kappa shape index (κ2) is 9.60. The first-order valence-electron chi connectivity index (χ1n) is 11.1. The second-order valence-electron chi connectivity index (χ2n) is 9.51. The molecule has 0 aromatic heterocycles. The highest BCUT2D eigenvalue weighted by molar-refractivity contribution is 6.52. The van der Waals surface area contributed by atoms with Crippen molar-refractivity contribution in [2.45, 2.75) is 32.2 Å². The lowest BCUT2D eigenvalue weighted by Crippen LogP contribution is -2.29. The molecular weight excluding hydrogens is 504 g/mol. The van der Waals surface area contributed by atoms with Crippen molar-refractivity contribution in [2.75, 3.05) is 12.0 Å². The molecule has 5 nitrogen and oxygen atoms in total. The van der Waals surface area contributed by atoms with E-state index in [1.54, 1.807) is 25.3 Å². The number of benzene rings is 3. The highest BCUT2D eigenvalue weighted by Crippen LogP contribution is 2.44. The number of amides is 1. The van der Waals surface area contributed by atoms with E-state index in [1.165, 1.54) is 47.4 Å². The smallest absolute Gasteiger partial charge is 0.300 e. The molecule has 0 aliphatic carbocycles. The molecular formula is C28H24Cl2FNO4. The largest absolute Gasteiger partial charge is 0.507 e. The molecule has 8 heteroatoms. The molecule has 1 amide bonds. The summed E-state index contributed by atoms with van der Waals surface area (Å²) in [6, 6.07) is 13.9. The number of Topliss-reactive ketones (excluding diaryl/α,β-unsaturated/α-hetero) is 1. The van der Waals surface area contributed by atoms with Crippen LogP contribution in [0.15, 0.2) is 66.2 Å². The van der Waals surface area contributed by atoms with Crippen LogP contribution in [-0.4, -0.2) is 23.9 Å². The van der Waals surface area contributed by atoms with Gasteiger partial charge in [0.05, 0.1) is 18.7 Å². The minimum Gasteiger partial charge on any atom is -0.507 e. The highest BCUT2D eigenvalue weighted by atomic mass is 35.5. The van der Waals surface area contributed by atoms with Crippen LogP contribution in [0.2, 0.25) is 10.0 Å². The number of hydrogen-bond donors (Lipinski definition) is 1. The van der Waals surface area contributed by atoms with Gasteiger partial charge in [0, 0.05) is 26.9 Å². The Kier molecular flexibility index (Phi) is 6.86. The Balaban J connectivity index is 1.97. The lowest BCUT2D eigenvalue weighted by atomic mass is 9.84. The maximum Gasteiger partial charge on any atom is 0.300 e. The van der Waals surface area contributed by atoms with Crippen LogP contribution in [0.4, 0.5) is 10.1 Å². The molecule has 0 saturated carbocycles. The molecule has 1 aliphatic heterocycles. The van der Waals surface area contributed by atoms with E-state index in [0.29, 0.717) is 16.9 Å². The van der Waals surface area contributed by atoms with Crippen molar-refractivity contribution in [1.29, 1.82) is 0 Å². The molecule has 1 N–H and O–H groups in total. The molecule has 0 radical (unpaired) electrons. The van der Waals surface area contributed by atoms with Gasteiger partial charge in [-0.1, -0.05) is 56.1 Å². The molecule has 36 heavy (non-hydrogen) atoms. The average Bonchev–Trinajstić information content (AvgIpc) is 3.08. The lowest BCUT2D eigenvalue weighted by Gasteiger charge is -2.26. The van der Waals surface area contributed by atoms with Gasteiger partial charge in [0.1, 0.15) is 17.3 Å². The Labute approximate surface area is 218 Å². The van der Waals surface area contributed by atoms with Crippen LogP contribution in [0.25, 0.3) is 5.76 Å². The summed E-state index contributed by atoms with van der Waals surface area (Å²) >= 11 is 12.4. The number of carbonyl (C=O) groups is 2. The Morgan fingerprint density at radius 1 is 0.972 bits per heavy atom. The predicted molar refractivity (Wildman–Crippen MR) is 139 cm³/mol. The van der Waals surface area contributed by atoms with Crippen LogP contribution in [0.3, 0.4) is 0 Å². The van der Waals surface area contributed by atoms with Crippen LogP contribution < -0.4 is 9.64 Å². The number of ketones is 1. The number of anilines is 1. The third-order valence-electron chi connectivity index (χ3n) is 6.04. The first kappa shape index (κ1) is 25.7. The molecule has 1 fully saturated rings. The molecule has 1 atom stereocenters. The van der Waals surface area contributed by atoms with Crippen LogP contribution in [-0.2, 0) is 15.0 Å². The van der Waals surface area contributed by atoms with Gasteiger partial charge in [-0.15, -0.1) is 0 Å². The topological polar surface area (TPSA) is 66.8 Å². The van der Waals surface area contributed by atoms with Crippen LogP contribution in [0.1, 0.15) is 43.5 Å². The van der Waals surface area contributed by atoms with Gasteiger partial charge in [-0.2, -0.15) is 0 Å². The number of carbonyl (C=O) groups excluding carboxylic acids is 2. The molecule has 186 valence electrons. The summed E-state index contributed by atoms with van der Waals surface area (Å²) in [6.45, 7) is 5.99. The zero-order chi connectivity index (χ0) is 26.4. The number of aliphatic hydroxyl groups is 1. The summed E-state index contributed by atoms with van der Waals surface area (Å²) in [5, 5.41) is 12.0. The summed E-state index contributed by atoms with van der Waals surface area (Å²) in [5.41, 5.74) is 1.39. The summed E-state index contributed by atoms with van der Waals surface area (Å²) in [4.78, 5) is 27.9. The van der Waals surface area contributed by atoms with E-state index in [1.807, 2.05) is 20.8 Å². The van der Waals surface area contributed by atoms with Crippen molar-refractivity contribution in [3.63, 3.8) is 0 Å². The van der Waals surface area contributed by atoms with Gasteiger partial charge in [-0.25, -0.2) is 4.39 Å². The molecule has 4 rings (SSSR count). The van der Waals surface area contributed by atoms with Crippen LogP contribution in [0.5, 0.6) is 5.75 Å². The molecule has 1 unspecified atom stereocenters. The SMILES string of the molecule is COc1ccc(/C(O)=C2/C(=O)C(=O)N(c3cc(Cl)cc(Cl)c3)C2c2ccc(F)cc2)cc1C(C)(C)C. The van der Waals surface area contributed by atoms with Crippen molar-refractivity contribution in [1.82, 2.24) is 0 Å². The van der Waals surface area contributed by atoms with Gasteiger partial charge in [-0.3, -0.25) is 14.5 Å². The fraction of sp³-hybridized carbons (Fsp3) is 0.214. The normalized spacial score (nSPS) is 17.5. The number of nitrogens with zero attached hydrogens (tertiary/aromatic N) is 1. The second-order valence-corrected chi connectivity index (χ2v) is 10.4. The number of hydrogen-bond acceptors (Lipinski definition) is 4. The Bertz CT molecular complexity index is 1370. The molecule has 3 aromatic rings. The van der Waals surface area contributed by atoms with Crippen molar-refractivity contribution in [3.8, 4) is 5.75 Å². The van der Waals surface area contributed by atoms with E-state index >= 15 is 0 Å². The summed E-state index contributed by atoms with van der Waals surface area (Å²) in [5.74, 6) is -1.96. The van der Waals surface area contributed by atoms with Crippen molar-refractivity contribution in [3.05, 3.63) is 98.8 Å². The van der Waals surface area contributed by atoms with E-state index in [2.05, 4.69) is 0 Å². The summed E-state index contributed by atoms with van der Waals surface area (Å²) < 4.78 is 19.2. The minimum atomic E-state index is -1.04. The Hall–Kier alpha value is -3.35. The number of halogens is 3. The molecule has 3 aromatic carbocycles. The first-order valence-corrected chi connectivity index (χ1v) is 11.9. The average molecular weight is 528 g/mol. The number of aliphatic hydroxyl groups excluding tert-OH is 1. The predicted octanol–water partition coefficient (Wildman–Crippen LogP) is 7.06. The van der Waals surface area contributed by atoms with Crippen LogP contribution in [0, 0.1) is 5.82 Å². The monoisotopic (exact) mass is 527 g/mol. The lowest BCUT2D eigenvalue weighted by molar-refractivity contribution is -0.132. The van der Waals surface area contributed by atoms with Crippen molar-refractivity contribution in [2.24, 2.45) is 0 Å². The van der Waals surface area contributed by atoms with E-state index in [9.17, 15) is 19.1 Å². The van der Waals surface area contributed by atoms with E-state index in [0.717, 1.165) is 5.56 Å². The maximum absolute atomic E-state index is 13.7. The van der Waals surface area contributed by atoms with E-state index in [4.69, 9.17) is 27.9 Å². The fourth-order valence-corrected chi connectivity index (χ4v) is 4.85. The quantitative estimate of drug-likeness (QED) is 0.224. The van der Waals surface area contributed by atoms with E-state index in [-0.39, 0.29) is 32.5 Å². The molecule has 1 aliphatic rings. The Morgan fingerprint density at radius 3 is 2.14 bits per heavy atom. The van der Waals surface area contributed by atoms with Crippen LogP contribution >= 0.6 is 23.2 Å². The van der Waals surface area contributed by atoms with Crippen molar-refractivity contribution < 1.29 is 23.8 Å². The zero-order valence-corrected chi connectivity index (χ0v) is 21.6. The van der Waals surface area contributed by atoms with Gasteiger partial charge in [0.15, 0.2) is 0 Å². The van der Waals surface area contributed by atoms with Gasteiger partial charge in [0.25, 0.3) is 11.7 Å². The number of rotatable bonds is 4. The van der Waals surface area contributed by atoms with Gasteiger partial charge in [-0.05, 0) is 59.5 Å².